The lowest BCUT2D eigenvalue weighted by Crippen LogP contribution is -2.38. The molecule has 0 saturated carbocycles. The van der Waals surface area contributed by atoms with E-state index in [0.717, 1.165) is 32.5 Å². The summed E-state index contributed by atoms with van der Waals surface area (Å²) in [6, 6.07) is 6.63. The number of piperidine rings is 1. The molecule has 2 rings (SSSR count). The largest absolute Gasteiger partial charge is 0.323 e. The molecule has 1 heterocycles. The number of likely N-dealkylation sites (tertiary alicyclic amines) is 1. The molecule has 1 aliphatic heterocycles. The number of hydrogen-bond acceptors (Lipinski definition) is 5. The number of para-hydroxylation sites is 1. The van der Waals surface area contributed by atoms with Crippen molar-refractivity contribution in [3.05, 3.63) is 24.3 Å². The smallest absolute Gasteiger partial charge is 0.242 e. The number of benzene rings is 1. The number of hydrogen-bond donors (Lipinski definition) is 3. The second-order valence-electron chi connectivity index (χ2n) is 5.37. The van der Waals surface area contributed by atoms with Crippen molar-refractivity contribution in [3.63, 3.8) is 0 Å². The molecule has 21 heavy (non-hydrogen) atoms. The summed E-state index contributed by atoms with van der Waals surface area (Å²) >= 11 is 0. The summed E-state index contributed by atoms with van der Waals surface area (Å²) in [5.41, 5.74) is 2.84. The Labute approximate surface area is 126 Å². The Morgan fingerprint density at radius 3 is 2.57 bits per heavy atom. The van der Waals surface area contributed by atoms with Gasteiger partial charge < -0.3 is 10.3 Å². The molecule has 1 aliphatic rings. The molecule has 0 spiro atoms. The molecule has 0 bridgehead atoms. The fraction of sp³-hybridized carbons (Fsp3) is 0.571. The first-order valence-corrected chi connectivity index (χ1v) is 8.82. The Kier molecular flexibility index (Phi) is 5.58. The van der Waals surface area contributed by atoms with Gasteiger partial charge in [0.05, 0.1) is 5.69 Å². The van der Waals surface area contributed by atoms with Crippen molar-refractivity contribution in [2.45, 2.75) is 24.7 Å². The van der Waals surface area contributed by atoms with Crippen molar-refractivity contribution < 1.29 is 8.42 Å². The van der Waals surface area contributed by atoms with Crippen LogP contribution in [-0.4, -0.2) is 39.5 Å². The molecule has 118 valence electrons. The summed E-state index contributed by atoms with van der Waals surface area (Å²) in [6.07, 6.45) is 2.07. The van der Waals surface area contributed by atoms with E-state index >= 15 is 0 Å². The van der Waals surface area contributed by atoms with E-state index in [1.807, 2.05) is 0 Å². The normalized spacial score (nSPS) is 17.8. The quantitative estimate of drug-likeness (QED) is 0.538. The van der Waals surface area contributed by atoms with Gasteiger partial charge in [-0.05, 0) is 50.5 Å². The maximum Gasteiger partial charge on any atom is 0.242 e. The second-order valence-corrected chi connectivity index (χ2v) is 7.11. The van der Waals surface area contributed by atoms with Gasteiger partial charge in [0.1, 0.15) is 4.90 Å². The van der Waals surface area contributed by atoms with E-state index in [-0.39, 0.29) is 4.90 Å². The lowest BCUT2D eigenvalue weighted by atomic mass is 9.97. The van der Waals surface area contributed by atoms with Crippen LogP contribution in [0.3, 0.4) is 0 Å². The topological polar surface area (TPSA) is 87.5 Å². The minimum absolute atomic E-state index is 0.193. The van der Waals surface area contributed by atoms with Gasteiger partial charge in [0.2, 0.25) is 10.0 Å². The maximum absolute atomic E-state index is 12.4. The molecule has 0 unspecified atom stereocenters. The monoisotopic (exact) mass is 312 g/mol. The second kappa shape index (κ2) is 7.22. The van der Waals surface area contributed by atoms with E-state index in [9.17, 15) is 8.42 Å². The molecular weight excluding hydrogens is 288 g/mol. The van der Waals surface area contributed by atoms with Gasteiger partial charge in [-0.2, -0.15) is 0 Å². The Morgan fingerprint density at radius 2 is 1.95 bits per heavy atom. The molecule has 7 heteroatoms. The number of sulfonamides is 1. The average Bonchev–Trinajstić information content (AvgIpc) is 2.53. The maximum atomic E-state index is 12.4. The van der Waals surface area contributed by atoms with Gasteiger partial charge in [-0.1, -0.05) is 19.1 Å². The van der Waals surface area contributed by atoms with E-state index in [4.69, 9.17) is 5.84 Å². The van der Waals surface area contributed by atoms with Crippen LogP contribution in [0, 0.1) is 5.92 Å². The molecule has 0 amide bonds. The van der Waals surface area contributed by atoms with Crippen LogP contribution in [-0.2, 0) is 10.0 Å². The van der Waals surface area contributed by atoms with E-state index < -0.39 is 10.0 Å². The van der Waals surface area contributed by atoms with Crippen LogP contribution in [0.15, 0.2) is 29.2 Å². The molecule has 6 nitrogen and oxygen atoms in total. The zero-order valence-corrected chi connectivity index (χ0v) is 13.2. The zero-order chi connectivity index (χ0) is 15.3. The van der Waals surface area contributed by atoms with Crippen LogP contribution in [0.2, 0.25) is 0 Å². The molecule has 0 aromatic heterocycles. The molecule has 4 N–H and O–H groups in total. The minimum atomic E-state index is -3.53. The number of nitrogen functional groups attached to an aromatic ring is 1. The first kappa shape index (κ1) is 16.2. The molecule has 1 aromatic rings. The Hall–Kier alpha value is -1.15. The first-order chi connectivity index (χ1) is 10.1. The van der Waals surface area contributed by atoms with Crippen molar-refractivity contribution >= 4 is 15.7 Å². The Balaban J connectivity index is 1.96. The summed E-state index contributed by atoms with van der Waals surface area (Å²) < 4.78 is 27.4. The van der Waals surface area contributed by atoms with Crippen LogP contribution in [0.4, 0.5) is 5.69 Å². The fourth-order valence-electron chi connectivity index (χ4n) is 2.63. The SMILES string of the molecule is CCN1CCC(CNS(=O)(=O)c2ccccc2NN)CC1. The van der Waals surface area contributed by atoms with Crippen molar-refractivity contribution in [3.8, 4) is 0 Å². The van der Waals surface area contributed by atoms with Crippen LogP contribution in [0.5, 0.6) is 0 Å². The molecule has 1 saturated heterocycles. The van der Waals surface area contributed by atoms with Crippen molar-refractivity contribution in [1.29, 1.82) is 0 Å². The third-order valence-corrected chi connectivity index (χ3v) is 5.53. The number of rotatable bonds is 6. The van der Waals surface area contributed by atoms with Crippen molar-refractivity contribution in [2.75, 3.05) is 31.6 Å². The molecule has 0 atom stereocenters. The number of hydrazine groups is 1. The lowest BCUT2D eigenvalue weighted by molar-refractivity contribution is 0.194. The van der Waals surface area contributed by atoms with Gasteiger partial charge in [-0.15, -0.1) is 0 Å². The van der Waals surface area contributed by atoms with Gasteiger partial charge in [0.25, 0.3) is 0 Å². The highest BCUT2D eigenvalue weighted by Crippen LogP contribution is 2.21. The number of nitrogens with two attached hydrogens (primary N) is 1. The van der Waals surface area contributed by atoms with Gasteiger partial charge in [-0.3, -0.25) is 5.84 Å². The van der Waals surface area contributed by atoms with Crippen LogP contribution in [0.25, 0.3) is 0 Å². The molecule has 1 fully saturated rings. The highest BCUT2D eigenvalue weighted by atomic mass is 32.2. The predicted octanol–water partition coefficient (Wildman–Crippen LogP) is 0.982. The van der Waals surface area contributed by atoms with E-state index in [2.05, 4.69) is 22.0 Å². The third-order valence-electron chi connectivity index (χ3n) is 4.05. The Bertz CT molecular complexity index is 554. The number of nitrogens with zero attached hydrogens (tertiary/aromatic N) is 1. The zero-order valence-electron chi connectivity index (χ0n) is 12.4. The van der Waals surface area contributed by atoms with Crippen LogP contribution < -0.4 is 16.0 Å². The van der Waals surface area contributed by atoms with Gasteiger partial charge >= 0.3 is 0 Å². The highest BCUT2D eigenvalue weighted by Gasteiger charge is 2.22. The summed E-state index contributed by atoms with van der Waals surface area (Å²) in [6.45, 7) is 5.79. The summed E-state index contributed by atoms with van der Waals surface area (Å²) in [7, 11) is -3.53. The van der Waals surface area contributed by atoms with Gasteiger partial charge in [0.15, 0.2) is 0 Å². The first-order valence-electron chi connectivity index (χ1n) is 7.34. The van der Waals surface area contributed by atoms with Crippen LogP contribution >= 0.6 is 0 Å². The van der Waals surface area contributed by atoms with E-state index in [1.165, 1.54) is 0 Å². The minimum Gasteiger partial charge on any atom is -0.323 e. The number of nitrogens with one attached hydrogen (secondary N) is 2. The van der Waals surface area contributed by atoms with Crippen LogP contribution in [0.1, 0.15) is 19.8 Å². The lowest BCUT2D eigenvalue weighted by Gasteiger charge is -2.31. The van der Waals surface area contributed by atoms with E-state index in [0.29, 0.717) is 18.2 Å². The van der Waals surface area contributed by atoms with Gasteiger partial charge in [0, 0.05) is 6.54 Å². The summed E-state index contributed by atoms with van der Waals surface area (Å²) in [4.78, 5) is 2.58. The molecule has 0 aliphatic carbocycles. The predicted molar refractivity (Wildman–Crippen MR) is 84.3 cm³/mol. The molecular formula is C14H24N4O2S. The standard InChI is InChI=1S/C14H24N4O2S/c1-2-18-9-7-12(8-10-18)11-16-21(19,20)14-6-4-3-5-13(14)17-15/h3-6,12,16-17H,2,7-11,15H2,1H3. The molecule has 0 radical (unpaired) electrons. The fourth-order valence-corrected chi connectivity index (χ4v) is 3.92. The van der Waals surface area contributed by atoms with E-state index in [1.54, 1.807) is 24.3 Å². The molecule has 1 aromatic carbocycles. The third kappa shape index (κ3) is 4.16. The number of anilines is 1. The van der Waals surface area contributed by atoms with Gasteiger partial charge in [-0.25, -0.2) is 13.1 Å². The van der Waals surface area contributed by atoms with Crippen molar-refractivity contribution in [2.24, 2.45) is 11.8 Å². The highest BCUT2D eigenvalue weighted by molar-refractivity contribution is 7.89. The summed E-state index contributed by atoms with van der Waals surface area (Å²) in [5, 5.41) is 0. The summed E-state index contributed by atoms with van der Waals surface area (Å²) in [5.74, 6) is 5.77. The Morgan fingerprint density at radius 1 is 1.29 bits per heavy atom. The average molecular weight is 312 g/mol. The van der Waals surface area contributed by atoms with Crippen molar-refractivity contribution in [1.82, 2.24) is 9.62 Å².